The van der Waals surface area contributed by atoms with E-state index in [1.165, 1.54) is 0 Å². The van der Waals surface area contributed by atoms with Gasteiger partial charge in [-0.2, -0.15) is 0 Å². The zero-order valence-corrected chi connectivity index (χ0v) is 8.73. The van der Waals surface area contributed by atoms with E-state index in [-0.39, 0.29) is 0 Å². The Labute approximate surface area is 87.3 Å². The van der Waals surface area contributed by atoms with E-state index in [2.05, 4.69) is 9.97 Å². The highest BCUT2D eigenvalue weighted by molar-refractivity contribution is 6.35. The van der Waals surface area contributed by atoms with Crippen molar-refractivity contribution in [1.29, 1.82) is 0 Å². The molecule has 0 spiro atoms. The summed E-state index contributed by atoms with van der Waals surface area (Å²) in [6.07, 6.45) is 0.754. The number of imidazole rings is 1. The second kappa shape index (κ2) is 3.59. The van der Waals surface area contributed by atoms with Crippen LogP contribution >= 0.6 is 11.6 Å². The molecule has 0 amide bonds. The van der Waals surface area contributed by atoms with Crippen LogP contribution in [0.2, 0.25) is 5.02 Å². The first kappa shape index (κ1) is 9.49. The largest absolute Gasteiger partial charge is 0.342 e. The van der Waals surface area contributed by atoms with Gasteiger partial charge in [0, 0.05) is 6.42 Å². The Kier molecular flexibility index (Phi) is 2.44. The van der Waals surface area contributed by atoms with Gasteiger partial charge in [-0.15, -0.1) is 0 Å². The van der Waals surface area contributed by atoms with E-state index in [1.807, 2.05) is 19.1 Å². The van der Waals surface area contributed by atoms with Gasteiger partial charge in [0.15, 0.2) is 0 Å². The maximum Gasteiger partial charge on any atom is 0.108 e. The minimum Gasteiger partial charge on any atom is -0.342 e. The number of rotatable bonds is 2. The van der Waals surface area contributed by atoms with Gasteiger partial charge in [0.05, 0.1) is 10.5 Å². The molecule has 2 aromatic rings. The molecular formula is C10H12ClN3. The first-order valence-electron chi connectivity index (χ1n) is 4.55. The zero-order valence-electron chi connectivity index (χ0n) is 7.97. The van der Waals surface area contributed by atoms with Gasteiger partial charge in [-0.25, -0.2) is 4.98 Å². The third-order valence-electron chi connectivity index (χ3n) is 2.11. The van der Waals surface area contributed by atoms with Crippen molar-refractivity contribution >= 4 is 22.6 Å². The van der Waals surface area contributed by atoms with Crippen LogP contribution in [0.1, 0.15) is 11.4 Å². The number of aromatic amines is 1. The number of benzene rings is 1. The molecule has 0 aliphatic heterocycles. The van der Waals surface area contributed by atoms with Crippen LogP contribution in [-0.4, -0.2) is 16.5 Å². The van der Waals surface area contributed by atoms with Crippen molar-refractivity contribution in [1.82, 2.24) is 9.97 Å². The van der Waals surface area contributed by atoms with Crippen molar-refractivity contribution in [3.8, 4) is 0 Å². The Balaban J connectivity index is 2.58. The molecule has 0 unspecified atom stereocenters. The Hall–Kier alpha value is -1.06. The molecule has 0 saturated carbocycles. The number of aryl methyl sites for hydroxylation is 1. The molecule has 0 radical (unpaired) electrons. The van der Waals surface area contributed by atoms with Crippen LogP contribution in [0.5, 0.6) is 0 Å². The van der Waals surface area contributed by atoms with E-state index in [0.29, 0.717) is 11.6 Å². The lowest BCUT2D eigenvalue weighted by Crippen LogP contribution is -2.03. The Morgan fingerprint density at radius 1 is 1.50 bits per heavy atom. The van der Waals surface area contributed by atoms with Crippen LogP contribution in [0.15, 0.2) is 12.1 Å². The number of halogens is 1. The first-order valence-corrected chi connectivity index (χ1v) is 4.93. The fourth-order valence-corrected chi connectivity index (χ4v) is 1.83. The van der Waals surface area contributed by atoms with E-state index in [9.17, 15) is 0 Å². The van der Waals surface area contributed by atoms with E-state index in [1.54, 1.807) is 0 Å². The van der Waals surface area contributed by atoms with E-state index in [0.717, 1.165) is 28.8 Å². The number of nitrogens with zero attached hydrogens (tertiary/aromatic N) is 1. The van der Waals surface area contributed by atoms with Crippen LogP contribution in [0.3, 0.4) is 0 Å². The van der Waals surface area contributed by atoms with Crippen LogP contribution in [0.25, 0.3) is 11.0 Å². The smallest absolute Gasteiger partial charge is 0.108 e. The van der Waals surface area contributed by atoms with Gasteiger partial charge < -0.3 is 10.7 Å². The van der Waals surface area contributed by atoms with E-state index >= 15 is 0 Å². The maximum absolute atomic E-state index is 6.06. The molecule has 74 valence electrons. The molecule has 1 aromatic carbocycles. The molecule has 1 aromatic heterocycles. The third kappa shape index (κ3) is 1.61. The standard InChI is InChI=1S/C10H12ClN3/c1-6-4-7(11)10-8(5-6)13-9(14-10)2-3-12/h4-5H,2-3,12H2,1H3,(H,13,14). The predicted octanol–water partition coefficient (Wildman–Crippen LogP) is 2.03. The van der Waals surface area contributed by atoms with Crippen molar-refractivity contribution < 1.29 is 0 Å². The van der Waals surface area contributed by atoms with Crippen LogP contribution < -0.4 is 5.73 Å². The molecule has 0 saturated heterocycles. The van der Waals surface area contributed by atoms with E-state index in [4.69, 9.17) is 17.3 Å². The second-order valence-electron chi connectivity index (χ2n) is 3.37. The summed E-state index contributed by atoms with van der Waals surface area (Å²) in [5.41, 5.74) is 8.41. The zero-order chi connectivity index (χ0) is 10.1. The van der Waals surface area contributed by atoms with Crippen molar-refractivity contribution in [2.24, 2.45) is 5.73 Å². The number of hydrogen-bond donors (Lipinski definition) is 2. The molecular weight excluding hydrogens is 198 g/mol. The van der Waals surface area contributed by atoms with Crippen molar-refractivity contribution in [2.45, 2.75) is 13.3 Å². The summed E-state index contributed by atoms with van der Waals surface area (Å²) in [7, 11) is 0. The lowest BCUT2D eigenvalue weighted by Gasteiger charge is -1.94. The van der Waals surface area contributed by atoms with Crippen LogP contribution in [-0.2, 0) is 6.42 Å². The topological polar surface area (TPSA) is 54.7 Å². The van der Waals surface area contributed by atoms with Gasteiger partial charge in [-0.3, -0.25) is 0 Å². The quantitative estimate of drug-likeness (QED) is 0.795. The van der Waals surface area contributed by atoms with Gasteiger partial charge in [0.25, 0.3) is 0 Å². The first-order chi connectivity index (χ1) is 6.70. The minimum absolute atomic E-state index is 0.594. The lowest BCUT2D eigenvalue weighted by molar-refractivity contribution is 0.900. The number of nitrogens with one attached hydrogen (secondary N) is 1. The summed E-state index contributed by atoms with van der Waals surface area (Å²) in [6.45, 7) is 2.60. The summed E-state index contributed by atoms with van der Waals surface area (Å²) in [4.78, 5) is 7.58. The molecule has 3 nitrogen and oxygen atoms in total. The Morgan fingerprint density at radius 3 is 3.00 bits per heavy atom. The number of fused-ring (bicyclic) bond motifs is 1. The molecule has 0 aliphatic rings. The van der Waals surface area contributed by atoms with Crippen molar-refractivity contribution in [3.63, 3.8) is 0 Å². The highest BCUT2D eigenvalue weighted by Gasteiger charge is 2.06. The van der Waals surface area contributed by atoms with E-state index < -0.39 is 0 Å². The predicted molar refractivity (Wildman–Crippen MR) is 58.6 cm³/mol. The van der Waals surface area contributed by atoms with Crippen LogP contribution in [0.4, 0.5) is 0 Å². The summed E-state index contributed by atoms with van der Waals surface area (Å²) in [5, 5.41) is 0.694. The molecule has 14 heavy (non-hydrogen) atoms. The summed E-state index contributed by atoms with van der Waals surface area (Å²) < 4.78 is 0. The second-order valence-corrected chi connectivity index (χ2v) is 3.77. The molecule has 0 bridgehead atoms. The van der Waals surface area contributed by atoms with Gasteiger partial charge >= 0.3 is 0 Å². The Bertz CT molecular complexity index is 462. The monoisotopic (exact) mass is 209 g/mol. The summed E-state index contributed by atoms with van der Waals surface area (Å²) >= 11 is 6.06. The van der Waals surface area contributed by atoms with Gasteiger partial charge in [0.2, 0.25) is 0 Å². The van der Waals surface area contributed by atoms with Crippen molar-refractivity contribution in [3.05, 3.63) is 28.5 Å². The normalized spacial score (nSPS) is 11.1. The lowest BCUT2D eigenvalue weighted by atomic mass is 10.2. The number of nitrogens with two attached hydrogens (primary N) is 1. The fourth-order valence-electron chi connectivity index (χ4n) is 1.52. The maximum atomic E-state index is 6.06. The number of hydrogen-bond acceptors (Lipinski definition) is 2. The molecule has 0 fully saturated rings. The average Bonchev–Trinajstić information content (AvgIpc) is 2.48. The SMILES string of the molecule is Cc1cc(Cl)c2nc(CCN)[nH]c2c1. The fraction of sp³-hybridized carbons (Fsp3) is 0.300. The number of H-pyrrole nitrogens is 1. The molecule has 2 rings (SSSR count). The van der Waals surface area contributed by atoms with Gasteiger partial charge in [-0.05, 0) is 31.2 Å². The van der Waals surface area contributed by atoms with Gasteiger partial charge in [-0.1, -0.05) is 11.6 Å². The molecule has 4 heteroatoms. The molecule has 1 heterocycles. The van der Waals surface area contributed by atoms with Gasteiger partial charge in [0.1, 0.15) is 11.3 Å². The summed E-state index contributed by atoms with van der Waals surface area (Å²) in [5.74, 6) is 0.898. The highest BCUT2D eigenvalue weighted by Crippen LogP contribution is 2.23. The average molecular weight is 210 g/mol. The molecule has 3 N–H and O–H groups in total. The van der Waals surface area contributed by atoms with Crippen molar-refractivity contribution in [2.75, 3.05) is 6.54 Å². The third-order valence-corrected chi connectivity index (χ3v) is 2.40. The number of aromatic nitrogens is 2. The molecule has 0 aliphatic carbocycles. The summed E-state index contributed by atoms with van der Waals surface area (Å²) in [6, 6.07) is 3.95. The molecule has 0 atom stereocenters. The minimum atomic E-state index is 0.594. The van der Waals surface area contributed by atoms with Crippen LogP contribution in [0, 0.1) is 6.92 Å². The highest BCUT2D eigenvalue weighted by atomic mass is 35.5. The Morgan fingerprint density at radius 2 is 2.29 bits per heavy atom.